The Labute approximate surface area is 231 Å². The maximum absolute atomic E-state index is 14.7. The van der Waals surface area contributed by atoms with E-state index in [0.717, 1.165) is 31.3 Å². The lowest BCUT2D eigenvalue weighted by Crippen LogP contribution is -2.64. The van der Waals surface area contributed by atoms with Crippen LogP contribution in [0.5, 0.6) is 0 Å². The summed E-state index contributed by atoms with van der Waals surface area (Å²) in [6.45, 7) is 19.8. The fourth-order valence-electron chi connectivity index (χ4n) is 10.6. The maximum Gasteiger partial charge on any atom is 0.308 e. The van der Waals surface area contributed by atoms with Crippen LogP contribution in [-0.2, 0) is 14.3 Å². The summed E-state index contributed by atoms with van der Waals surface area (Å²) in [5.74, 6) is -1.58. The molecular formula is C32H43F2NO4. The number of alkyl halides is 2. The van der Waals surface area contributed by atoms with Crippen LogP contribution in [0.15, 0.2) is 23.1 Å². The Bertz CT molecular complexity index is 1210. The monoisotopic (exact) mass is 543 g/mol. The van der Waals surface area contributed by atoms with Crippen molar-refractivity contribution in [3.63, 3.8) is 0 Å². The number of hydrogen-bond donors (Lipinski definition) is 1. The van der Waals surface area contributed by atoms with Gasteiger partial charge >= 0.3 is 5.97 Å². The van der Waals surface area contributed by atoms with Gasteiger partial charge in [-0.15, -0.1) is 0 Å². The molecule has 5 aliphatic rings. The lowest BCUT2D eigenvalue weighted by molar-refractivity contribution is -0.176. The highest BCUT2D eigenvalue weighted by Crippen LogP contribution is 2.74. The average molecular weight is 544 g/mol. The highest BCUT2D eigenvalue weighted by Gasteiger charge is 2.70. The van der Waals surface area contributed by atoms with Crippen LogP contribution in [0.1, 0.15) is 86.5 Å². The Morgan fingerprint density at radius 1 is 1.10 bits per heavy atom. The minimum absolute atomic E-state index is 0.0138. The van der Waals surface area contributed by atoms with Gasteiger partial charge in [-0.05, 0) is 97.4 Å². The fraction of sp³-hybridized carbons (Fsp3) is 0.781. The fourth-order valence-corrected chi connectivity index (χ4v) is 10.6. The Morgan fingerprint density at radius 2 is 1.77 bits per heavy atom. The Kier molecular flexibility index (Phi) is 6.27. The van der Waals surface area contributed by atoms with Gasteiger partial charge in [-0.1, -0.05) is 40.2 Å². The number of allylic oxidation sites excluding steroid dienone is 4. The second-order valence-corrected chi connectivity index (χ2v) is 14.9. The molecule has 7 heteroatoms. The number of esters is 1. The van der Waals surface area contributed by atoms with Crippen molar-refractivity contribution in [2.24, 2.45) is 56.7 Å². The molecule has 5 rings (SSSR count). The highest BCUT2D eigenvalue weighted by molar-refractivity contribution is 5.95. The number of carbonyl (C=O) groups excluding carboxylic acids is 2. The zero-order chi connectivity index (χ0) is 28.9. The molecular weight excluding hydrogens is 500 g/mol. The third kappa shape index (κ3) is 3.51. The lowest BCUT2D eigenvalue weighted by Gasteiger charge is -2.68. The van der Waals surface area contributed by atoms with E-state index in [1.54, 1.807) is 6.08 Å². The molecule has 1 N–H and O–H groups in total. The number of aliphatic hydroxyl groups is 1. The normalized spacial score (nSPS) is 46.7. The maximum atomic E-state index is 14.7. The van der Waals surface area contributed by atoms with E-state index in [0.29, 0.717) is 12.8 Å². The van der Waals surface area contributed by atoms with Crippen LogP contribution in [0.4, 0.5) is 8.78 Å². The number of hydrogen-bond acceptors (Lipinski definition) is 4. The number of ketones is 1. The highest BCUT2D eigenvalue weighted by atomic mass is 19.3. The van der Waals surface area contributed by atoms with Gasteiger partial charge in [0, 0.05) is 5.92 Å². The van der Waals surface area contributed by atoms with Crippen molar-refractivity contribution in [2.75, 3.05) is 7.11 Å². The summed E-state index contributed by atoms with van der Waals surface area (Å²) in [5.41, 5.74) is -2.75. The number of fused-ring (bicyclic) bond motifs is 7. The van der Waals surface area contributed by atoms with Crippen LogP contribution in [0.2, 0.25) is 0 Å². The molecule has 0 bridgehead atoms. The van der Waals surface area contributed by atoms with Gasteiger partial charge in [0.25, 0.3) is 0 Å². The second kappa shape index (κ2) is 8.63. The zero-order valence-electron chi connectivity index (χ0n) is 24.4. The molecule has 5 aliphatic carbocycles. The van der Waals surface area contributed by atoms with Gasteiger partial charge in [-0.3, -0.25) is 9.59 Å². The van der Waals surface area contributed by atoms with Crippen molar-refractivity contribution in [1.82, 2.24) is 0 Å². The zero-order valence-corrected chi connectivity index (χ0v) is 24.4. The number of carbonyl (C=O) groups is 2. The summed E-state index contributed by atoms with van der Waals surface area (Å²) in [6.07, 6.45) is 3.42. The lowest BCUT2D eigenvalue weighted by atomic mass is 9.35. The van der Waals surface area contributed by atoms with Crippen molar-refractivity contribution in [3.05, 3.63) is 34.5 Å². The van der Waals surface area contributed by atoms with E-state index in [1.807, 2.05) is 6.92 Å². The minimum Gasteiger partial charge on any atom is -0.523 e. The summed E-state index contributed by atoms with van der Waals surface area (Å²) in [5, 5.41) is 10.9. The molecule has 3 saturated carbocycles. The third-order valence-corrected chi connectivity index (χ3v) is 12.6. The largest absolute Gasteiger partial charge is 0.523 e. The Hall–Kier alpha value is -2.23. The van der Waals surface area contributed by atoms with E-state index in [2.05, 4.69) is 32.5 Å². The van der Waals surface area contributed by atoms with Crippen LogP contribution < -0.4 is 0 Å². The van der Waals surface area contributed by atoms with Gasteiger partial charge in [-0.2, -0.15) is 0 Å². The van der Waals surface area contributed by atoms with Crippen molar-refractivity contribution >= 4 is 11.8 Å². The molecule has 0 aromatic rings. The molecule has 39 heavy (non-hydrogen) atoms. The first-order valence-electron chi connectivity index (χ1n) is 14.4. The molecule has 0 spiro atoms. The molecule has 0 aromatic carbocycles. The molecule has 3 fully saturated rings. The molecule has 1 unspecified atom stereocenters. The van der Waals surface area contributed by atoms with Gasteiger partial charge in [0.2, 0.25) is 12.1 Å². The van der Waals surface area contributed by atoms with E-state index in [9.17, 15) is 23.5 Å². The molecule has 0 radical (unpaired) electrons. The van der Waals surface area contributed by atoms with Crippen LogP contribution in [0.3, 0.4) is 0 Å². The topological polar surface area (TPSA) is 68.0 Å². The van der Waals surface area contributed by atoms with E-state index < -0.39 is 39.8 Å². The minimum atomic E-state index is -2.83. The Balaban J connectivity index is 1.65. The number of ether oxygens (including phenoxy) is 1. The first kappa shape index (κ1) is 28.3. The number of halogens is 2. The van der Waals surface area contributed by atoms with Gasteiger partial charge in [0.05, 0.1) is 25.0 Å². The summed E-state index contributed by atoms with van der Waals surface area (Å²) in [4.78, 5) is 30.7. The van der Waals surface area contributed by atoms with Crippen molar-refractivity contribution in [3.8, 4) is 0 Å². The van der Waals surface area contributed by atoms with Crippen LogP contribution >= 0.6 is 0 Å². The standard InChI is InChI=1S/C32H43F2NO4/c1-28(2)14-18-17(19(15-28)26(38)39-8)9-11-31(5)24(18)21(36)13-23-29(3)16-20(35-7)25(37)32(6,27(33)34)22(29)10-12-30(23,31)4/h13,17-19,22,24,27,37H,9-12,14-16H2,1-6,8H3/t17?,18-,19-,22-,24+,29+,30-,31-,32+/m1/s1. The van der Waals surface area contributed by atoms with Crippen molar-refractivity contribution in [1.29, 1.82) is 0 Å². The predicted octanol–water partition coefficient (Wildman–Crippen LogP) is 7.54. The smallest absolute Gasteiger partial charge is 0.308 e. The quantitative estimate of drug-likeness (QED) is 0.289. The predicted molar refractivity (Wildman–Crippen MR) is 143 cm³/mol. The molecule has 0 aromatic heterocycles. The first-order valence-corrected chi connectivity index (χ1v) is 14.4. The van der Waals surface area contributed by atoms with Crippen LogP contribution in [0, 0.1) is 63.2 Å². The molecule has 0 saturated heterocycles. The first-order chi connectivity index (χ1) is 18.0. The van der Waals surface area contributed by atoms with Gasteiger partial charge in [0.1, 0.15) is 5.76 Å². The summed E-state index contributed by atoms with van der Waals surface area (Å²) in [6, 6.07) is 0. The summed E-state index contributed by atoms with van der Waals surface area (Å²) >= 11 is 0. The van der Waals surface area contributed by atoms with Gasteiger partial charge in [0.15, 0.2) is 5.78 Å². The van der Waals surface area contributed by atoms with E-state index >= 15 is 0 Å². The number of aliphatic hydroxyl groups excluding tert-OH is 1. The molecule has 0 heterocycles. The van der Waals surface area contributed by atoms with E-state index in [-0.39, 0.29) is 53.0 Å². The van der Waals surface area contributed by atoms with Crippen molar-refractivity contribution < 1.29 is 28.2 Å². The summed E-state index contributed by atoms with van der Waals surface area (Å²) in [7, 11) is 1.44. The Morgan fingerprint density at radius 3 is 2.36 bits per heavy atom. The number of methoxy groups -OCH3 is 1. The van der Waals surface area contributed by atoms with Gasteiger partial charge < -0.3 is 9.84 Å². The molecule has 0 amide bonds. The molecule has 9 atom stereocenters. The SMILES string of the molecule is [C-]#[N+]C1=C(O)[C@@](C)(C(F)F)[C@@H]2CC[C@]3(C)C(=CC(=O)[C@@H]4[C@@H]5CC(C)(C)C[C@@H](C(=O)OC)C5CC[C@]43C)[C@@]2(C)C1. The number of nitrogens with zero attached hydrogens (tertiary/aromatic N) is 1. The third-order valence-electron chi connectivity index (χ3n) is 12.6. The van der Waals surface area contributed by atoms with Crippen LogP contribution in [0.25, 0.3) is 4.85 Å². The van der Waals surface area contributed by atoms with E-state index in [1.165, 1.54) is 14.0 Å². The van der Waals surface area contributed by atoms with Gasteiger partial charge in [-0.25, -0.2) is 13.6 Å². The summed E-state index contributed by atoms with van der Waals surface area (Å²) < 4.78 is 34.6. The average Bonchev–Trinajstić information content (AvgIpc) is 2.85. The van der Waals surface area contributed by atoms with E-state index in [4.69, 9.17) is 11.3 Å². The molecule has 214 valence electrons. The van der Waals surface area contributed by atoms with Crippen LogP contribution in [-0.4, -0.2) is 30.4 Å². The molecule has 5 nitrogen and oxygen atoms in total. The van der Waals surface area contributed by atoms with Crippen molar-refractivity contribution in [2.45, 2.75) is 92.9 Å². The number of rotatable bonds is 2. The molecule has 0 aliphatic heterocycles. The second-order valence-electron chi connectivity index (χ2n) is 14.9.